The third-order valence-corrected chi connectivity index (χ3v) is 5.61. The van der Waals surface area contributed by atoms with Gasteiger partial charge in [-0.2, -0.15) is 0 Å². The highest BCUT2D eigenvalue weighted by molar-refractivity contribution is 7.54. The van der Waals surface area contributed by atoms with E-state index in [2.05, 4.69) is 0 Å². The lowest BCUT2D eigenvalue weighted by Gasteiger charge is -2.33. The van der Waals surface area contributed by atoms with Crippen LogP contribution in [0.2, 0.25) is 0 Å². The van der Waals surface area contributed by atoms with E-state index in [4.69, 9.17) is 9.05 Å². The number of hydrogen-bond acceptors (Lipinski definition) is 4. The van der Waals surface area contributed by atoms with E-state index in [0.29, 0.717) is 0 Å². The van der Waals surface area contributed by atoms with Gasteiger partial charge in [0.2, 0.25) is 0 Å². The Kier molecular flexibility index (Phi) is 6.32. The fourth-order valence-electron chi connectivity index (χ4n) is 2.43. The molecule has 18 heavy (non-hydrogen) atoms. The van der Waals surface area contributed by atoms with Crippen LogP contribution >= 0.6 is 7.60 Å². The molecule has 0 bridgehead atoms. The molecule has 1 fully saturated rings. The van der Waals surface area contributed by atoms with Crippen LogP contribution in [0, 0.1) is 5.92 Å². The molecule has 108 valence electrons. The molecular weight excluding hydrogens is 251 g/mol. The van der Waals surface area contributed by atoms with E-state index >= 15 is 0 Å². The van der Waals surface area contributed by atoms with Crippen molar-refractivity contribution < 1.29 is 18.7 Å². The summed E-state index contributed by atoms with van der Waals surface area (Å²) in [6, 6.07) is 0. The molecule has 0 aliphatic heterocycles. The van der Waals surface area contributed by atoms with E-state index in [9.17, 15) is 9.67 Å². The van der Waals surface area contributed by atoms with Crippen LogP contribution in [0.25, 0.3) is 0 Å². The minimum absolute atomic E-state index is 0.0436. The van der Waals surface area contributed by atoms with Crippen molar-refractivity contribution in [2.45, 2.75) is 77.9 Å². The summed E-state index contributed by atoms with van der Waals surface area (Å²) in [5.41, 5.74) is 0. The zero-order chi connectivity index (χ0) is 13.8. The van der Waals surface area contributed by atoms with Gasteiger partial charge in [0.15, 0.2) is 5.85 Å². The lowest BCUT2D eigenvalue weighted by Crippen LogP contribution is -2.27. The van der Waals surface area contributed by atoms with Crippen LogP contribution in [0.1, 0.15) is 59.8 Å². The summed E-state index contributed by atoms with van der Waals surface area (Å²) in [5, 5.41) is 10.4. The SMILES string of the molecule is CC(C)OP(=O)(OC(C)C)[C@@H](O)C1CCCCC1. The summed E-state index contributed by atoms with van der Waals surface area (Å²) in [6.07, 6.45) is 4.77. The van der Waals surface area contributed by atoms with Gasteiger partial charge in [-0.05, 0) is 46.5 Å². The predicted molar refractivity (Wildman–Crippen MR) is 72.6 cm³/mol. The number of aliphatic hydroxyl groups excluding tert-OH is 1. The molecule has 0 aromatic rings. The number of aliphatic hydroxyl groups is 1. The summed E-state index contributed by atoms with van der Waals surface area (Å²) >= 11 is 0. The fourth-order valence-corrected chi connectivity index (χ4v) is 4.72. The number of hydrogen-bond donors (Lipinski definition) is 1. The second kappa shape index (κ2) is 7.04. The Bertz CT molecular complexity index is 271. The average Bonchev–Trinajstić information content (AvgIpc) is 2.27. The van der Waals surface area contributed by atoms with Gasteiger partial charge in [-0.1, -0.05) is 19.3 Å². The third kappa shape index (κ3) is 4.65. The normalized spacial score (nSPS) is 20.6. The predicted octanol–water partition coefficient (Wildman–Crippen LogP) is 3.93. The topological polar surface area (TPSA) is 55.8 Å². The lowest BCUT2D eigenvalue weighted by molar-refractivity contribution is 0.0691. The molecule has 0 amide bonds. The molecule has 0 heterocycles. The van der Waals surface area contributed by atoms with E-state index in [1.54, 1.807) is 0 Å². The minimum atomic E-state index is -3.44. The molecule has 4 nitrogen and oxygen atoms in total. The Labute approximate surface area is 111 Å². The highest BCUT2D eigenvalue weighted by Crippen LogP contribution is 2.57. The zero-order valence-corrected chi connectivity index (χ0v) is 12.9. The lowest BCUT2D eigenvalue weighted by atomic mass is 9.90. The van der Waals surface area contributed by atoms with Gasteiger partial charge in [-0.25, -0.2) is 0 Å². The molecule has 0 radical (unpaired) electrons. The van der Waals surface area contributed by atoms with Crippen molar-refractivity contribution in [3.8, 4) is 0 Å². The van der Waals surface area contributed by atoms with Crippen LogP contribution in [-0.2, 0) is 13.6 Å². The Balaban J connectivity index is 2.76. The van der Waals surface area contributed by atoms with Crippen LogP contribution in [-0.4, -0.2) is 23.2 Å². The third-order valence-electron chi connectivity index (χ3n) is 3.11. The van der Waals surface area contributed by atoms with E-state index in [-0.39, 0.29) is 18.1 Å². The quantitative estimate of drug-likeness (QED) is 0.748. The molecule has 1 atom stereocenters. The summed E-state index contributed by atoms with van der Waals surface area (Å²) in [4.78, 5) is 0. The summed E-state index contributed by atoms with van der Waals surface area (Å²) in [6.45, 7) is 7.24. The van der Waals surface area contributed by atoms with Gasteiger partial charge in [0.1, 0.15) is 0 Å². The molecule has 0 saturated heterocycles. The molecule has 1 aliphatic rings. The van der Waals surface area contributed by atoms with Crippen molar-refractivity contribution in [3.05, 3.63) is 0 Å². The Morgan fingerprint density at radius 3 is 1.83 bits per heavy atom. The molecule has 1 aliphatic carbocycles. The van der Waals surface area contributed by atoms with Gasteiger partial charge in [0.25, 0.3) is 0 Å². The summed E-state index contributed by atoms with van der Waals surface area (Å²) < 4.78 is 23.6. The maximum atomic E-state index is 12.7. The van der Waals surface area contributed by atoms with Crippen LogP contribution in [0.3, 0.4) is 0 Å². The van der Waals surface area contributed by atoms with Gasteiger partial charge in [0.05, 0.1) is 12.2 Å². The summed E-state index contributed by atoms with van der Waals surface area (Å²) in [7, 11) is -3.44. The smallest absolute Gasteiger partial charge is 0.359 e. The van der Waals surface area contributed by atoms with Crippen LogP contribution in [0.15, 0.2) is 0 Å². The van der Waals surface area contributed by atoms with Crippen molar-refractivity contribution in [1.82, 2.24) is 0 Å². The van der Waals surface area contributed by atoms with Gasteiger partial charge in [-0.15, -0.1) is 0 Å². The van der Waals surface area contributed by atoms with Crippen molar-refractivity contribution in [1.29, 1.82) is 0 Å². The molecule has 1 N–H and O–H groups in total. The highest BCUT2D eigenvalue weighted by atomic mass is 31.2. The van der Waals surface area contributed by atoms with E-state index in [1.807, 2.05) is 27.7 Å². The number of rotatable bonds is 6. The first-order valence-corrected chi connectivity index (χ1v) is 8.61. The van der Waals surface area contributed by atoms with Crippen LogP contribution in [0.5, 0.6) is 0 Å². The zero-order valence-electron chi connectivity index (χ0n) is 12.0. The van der Waals surface area contributed by atoms with Crippen LogP contribution < -0.4 is 0 Å². The van der Waals surface area contributed by atoms with Crippen LogP contribution in [0.4, 0.5) is 0 Å². The minimum Gasteiger partial charge on any atom is -0.380 e. The van der Waals surface area contributed by atoms with Gasteiger partial charge >= 0.3 is 7.60 Å². The summed E-state index contributed by atoms with van der Waals surface area (Å²) in [5.74, 6) is -0.940. The Morgan fingerprint density at radius 2 is 1.44 bits per heavy atom. The van der Waals surface area contributed by atoms with Crippen molar-refractivity contribution in [2.24, 2.45) is 5.92 Å². The molecule has 0 spiro atoms. The largest absolute Gasteiger partial charge is 0.380 e. The molecular formula is C13H27O4P. The van der Waals surface area contributed by atoms with Crippen molar-refractivity contribution >= 4 is 7.60 Å². The van der Waals surface area contributed by atoms with Crippen molar-refractivity contribution in [3.63, 3.8) is 0 Å². The molecule has 1 rings (SSSR count). The van der Waals surface area contributed by atoms with Gasteiger partial charge in [-0.3, -0.25) is 4.57 Å². The molecule has 0 aromatic heterocycles. The highest BCUT2D eigenvalue weighted by Gasteiger charge is 2.41. The van der Waals surface area contributed by atoms with E-state index in [0.717, 1.165) is 25.7 Å². The molecule has 0 unspecified atom stereocenters. The first-order valence-electron chi connectivity index (χ1n) is 6.99. The standard InChI is InChI=1S/C13H27O4P/c1-10(2)16-18(15,17-11(3)4)13(14)12-8-6-5-7-9-12/h10-14H,5-9H2,1-4H3/t13-/m1/s1. The maximum absolute atomic E-state index is 12.7. The van der Waals surface area contributed by atoms with Gasteiger partial charge < -0.3 is 14.2 Å². The molecule has 1 saturated carbocycles. The second-order valence-corrected chi connectivity index (χ2v) is 7.69. The van der Waals surface area contributed by atoms with Crippen molar-refractivity contribution in [2.75, 3.05) is 0 Å². The fraction of sp³-hybridized carbons (Fsp3) is 1.00. The van der Waals surface area contributed by atoms with Gasteiger partial charge in [0, 0.05) is 0 Å². The van der Waals surface area contributed by atoms with E-state index < -0.39 is 13.4 Å². The molecule has 0 aromatic carbocycles. The first kappa shape index (κ1) is 16.2. The monoisotopic (exact) mass is 278 g/mol. The van der Waals surface area contributed by atoms with E-state index in [1.165, 1.54) is 6.42 Å². The first-order chi connectivity index (χ1) is 8.35. The average molecular weight is 278 g/mol. The Hall–Kier alpha value is 0.110. The Morgan fingerprint density at radius 1 is 1.00 bits per heavy atom. The maximum Gasteiger partial charge on any atom is 0.359 e. The molecule has 5 heteroatoms. The second-order valence-electron chi connectivity index (χ2n) is 5.66.